The van der Waals surface area contributed by atoms with Crippen molar-refractivity contribution in [2.45, 2.75) is 26.2 Å². The fraction of sp³-hybridized carbons (Fsp3) is 0.294. The maximum Gasteiger partial charge on any atom is 0.133 e. The van der Waals surface area contributed by atoms with Crippen molar-refractivity contribution in [3.63, 3.8) is 0 Å². The Labute approximate surface area is 132 Å². The van der Waals surface area contributed by atoms with Crippen molar-refractivity contribution >= 4 is 15.9 Å². The molecule has 0 aliphatic rings. The molecule has 0 heterocycles. The molecule has 1 nitrogen and oxygen atoms in total. The molecule has 0 saturated heterocycles. The lowest BCUT2D eigenvalue weighted by Gasteiger charge is -2.21. The highest BCUT2D eigenvalue weighted by Gasteiger charge is 2.21. The first-order valence-corrected chi connectivity index (χ1v) is 7.37. The standard InChI is InChI=1S/C17H17BrF2O/c1-17(2,3)12-8-11(14(19)9-15(12)20)10-5-6-16(21-4)13(18)7-10/h5-9H,1-4H3. The number of halogens is 3. The number of methoxy groups -OCH3 is 1. The molecular weight excluding hydrogens is 338 g/mol. The maximum absolute atomic E-state index is 14.1. The van der Waals surface area contributed by atoms with Gasteiger partial charge in [0.25, 0.3) is 0 Å². The molecule has 0 radical (unpaired) electrons. The van der Waals surface area contributed by atoms with E-state index in [9.17, 15) is 8.78 Å². The highest BCUT2D eigenvalue weighted by molar-refractivity contribution is 9.10. The molecule has 2 rings (SSSR count). The zero-order valence-electron chi connectivity index (χ0n) is 12.4. The second kappa shape index (κ2) is 5.76. The Morgan fingerprint density at radius 2 is 1.67 bits per heavy atom. The van der Waals surface area contributed by atoms with Gasteiger partial charge in [0.2, 0.25) is 0 Å². The number of rotatable bonds is 2. The molecule has 0 atom stereocenters. The van der Waals surface area contributed by atoms with Crippen LogP contribution < -0.4 is 4.74 Å². The van der Waals surface area contributed by atoms with Crippen LogP contribution in [-0.2, 0) is 5.41 Å². The third-order valence-corrected chi connectivity index (χ3v) is 3.95. The summed E-state index contributed by atoms with van der Waals surface area (Å²) in [6, 6.07) is 7.81. The number of ether oxygens (including phenoxy) is 1. The Kier molecular flexibility index (Phi) is 4.38. The van der Waals surface area contributed by atoms with Gasteiger partial charge in [-0.3, -0.25) is 0 Å². The molecule has 2 aromatic rings. The van der Waals surface area contributed by atoms with Crippen molar-refractivity contribution in [1.29, 1.82) is 0 Å². The number of benzene rings is 2. The van der Waals surface area contributed by atoms with Crippen LogP contribution in [0.25, 0.3) is 11.1 Å². The quantitative estimate of drug-likeness (QED) is 0.671. The smallest absolute Gasteiger partial charge is 0.133 e. The van der Waals surface area contributed by atoms with Gasteiger partial charge in [0.05, 0.1) is 11.6 Å². The van der Waals surface area contributed by atoms with Crippen LogP contribution in [0.3, 0.4) is 0 Å². The van der Waals surface area contributed by atoms with Gasteiger partial charge in [0.15, 0.2) is 0 Å². The summed E-state index contributed by atoms with van der Waals surface area (Å²) in [6.45, 7) is 5.70. The van der Waals surface area contributed by atoms with Crippen LogP contribution in [0.1, 0.15) is 26.3 Å². The Balaban J connectivity index is 2.61. The highest BCUT2D eigenvalue weighted by Crippen LogP contribution is 2.35. The number of hydrogen-bond donors (Lipinski definition) is 0. The van der Waals surface area contributed by atoms with E-state index in [0.717, 1.165) is 10.5 Å². The largest absolute Gasteiger partial charge is 0.496 e. The predicted octanol–water partition coefficient (Wildman–Crippen LogP) is 5.70. The predicted molar refractivity (Wildman–Crippen MR) is 84.7 cm³/mol. The van der Waals surface area contributed by atoms with Gasteiger partial charge in [0, 0.05) is 11.6 Å². The lowest BCUT2D eigenvalue weighted by molar-refractivity contribution is 0.412. The fourth-order valence-electron chi connectivity index (χ4n) is 2.18. The summed E-state index contributed by atoms with van der Waals surface area (Å²) in [7, 11) is 1.57. The molecule has 0 unspecified atom stereocenters. The van der Waals surface area contributed by atoms with E-state index < -0.39 is 17.0 Å². The lowest BCUT2D eigenvalue weighted by atomic mass is 9.85. The van der Waals surface area contributed by atoms with Gasteiger partial charge in [-0.15, -0.1) is 0 Å². The minimum atomic E-state index is -0.572. The molecule has 0 aliphatic heterocycles. The molecule has 0 N–H and O–H groups in total. The monoisotopic (exact) mass is 354 g/mol. The minimum Gasteiger partial charge on any atom is -0.496 e. The van der Waals surface area contributed by atoms with E-state index in [1.165, 1.54) is 0 Å². The van der Waals surface area contributed by atoms with Crippen LogP contribution in [0.5, 0.6) is 5.75 Å². The topological polar surface area (TPSA) is 9.23 Å². The summed E-state index contributed by atoms with van der Waals surface area (Å²) >= 11 is 3.38. The van der Waals surface area contributed by atoms with Crippen molar-refractivity contribution < 1.29 is 13.5 Å². The summed E-state index contributed by atoms with van der Waals surface area (Å²) in [4.78, 5) is 0. The van der Waals surface area contributed by atoms with Gasteiger partial charge in [-0.25, -0.2) is 8.78 Å². The van der Waals surface area contributed by atoms with E-state index in [-0.39, 0.29) is 0 Å². The third kappa shape index (κ3) is 3.26. The Morgan fingerprint density at radius 3 is 2.19 bits per heavy atom. The van der Waals surface area contributed by atoms with Gasteiger partial charge >= 0.3 is 0 Å². The molecule has 0 fully saturated rings. The second-order valence-corrected chi connectivity index (χ2v) is 6.77. The zero-order valence-corrected chi connectivity index (χ0v) is 14.0. The molecule has 2 aromatic carbocycles. The molecule has 21 heavy (non-hydrogen) atoms. The Bertz CT molecular complexity index is 675. The van der Waals surface area contributed by atoms with Crippen LogP contribution in [0.15, 0.2) is 34.8 Å². The van der Waals surface area contributed by atoms with Crippen molar-refractivity contribution in [1.82, 2.24) is 0 Å². The van der Waals surface area contributed by atoms with Gasteiger partial charge in [-0.05, 0) is 50.7 Å². The molecule has 0 amide bonds. The number of hydrogen-bond acceptors (Lipinski definition) is 1. The molecule has 0 aliphatic carbocycles. The van der Waals surface area contributed by atoms with Gasteiger partial charge in [-0.2, -0.15) is 0 Å². The van der Waals surface area contributed by atoms with E-state index >= 15 is 0 Å². The SMILES string of the molecule is COc1ccc(-c2cc(C(C)(C)C)c(F)cc2F)cc1Br. The Morgan fingerprint density at radius 1 is 1.00 bits per heavy atom. The summed E-state index contributed by atoms with van der Waals surface area (Å²) in [6.07, 6.45) is 0. The average Bonchev–Trinajstić information content (AvgIpc) is 2.37. The van der Waals surface area contributed by atoms with Crippen molar-refractivity contribution in [2.24, 2.45) is 0 Å². The highest BCUT2D eigenvalue weighted by atomic mass is 79.9. The molecule has 0 bridgehead atoms. The van der Waals surface area contributed by atoms with Crippen LogP contribution >= 0.6 is 15.9 Å². The second-order valence-electron chi connectivity index (χ2n) is 5.91. The van der Waals surface area contributed by atoms with Crippen molar-refractivity contribution in [3.8, 4) is 16.9 Å². The van der Waals surface area contributed by atoms with Crippen LogP contribution in [0.4, 0.5) is 8.78 Å². The Hall–Kier alpha value is -1.42. The first-order valence-electron chi connectivity index (χ1n) is 6.57. The molecular formula is C17H17BrF2O. The van der Waals surface area contributed by atoms with Crippen molar-refractivity contribution in [2.75, 3.05) is 7.11 Å². The fourth-order valence-corrected chi connectivity index (χ4v) is 2.72. The molecule has 0 spiro atoms. The van der Waals surface area contributed by atoms with E-state index in [4.69, 9.17) is 4.74 Å². The molecule has 0 saturated carbocycles. The molecule has 112 valence electrons. The van der Waals surface area contributed by atoms with E-state index in [1.807, 2.05) is 20.8 Å². The van der Waals surface area contributed by atoms with Crippen LogP contribution in [0, 0.1) is 11.6 Å². The summed E-state index contributed by atoms with van der Waals surface area (Å²) in [5.41, 5.74) is 1.15. The van der Waals surface area contributed by atoms with E-state index in [1.54, 1.807) is 31.4 Å². The summed E-state index contributed by atoms with van der Waals surface area (Å²) < 4.78 is 34.0. The van der Waals surface area contributed by atoms with Gasteiger partial charge in [0.1, 0.15) is 17.4 Å². The molecule has 4 heteroatoms. The molecule has 0 aromatic heterocycles. The van der Waals surface area contributed by atoms with Crippen molar-refractivity contribution in [3.05, 3.63) is 52.0 Å². The van der Waals surface area contributed by atoms with Gasteiger partial charge in [-0.1, -0.05) is 26.8 Å². The summed E-state index contributed by atoms with van der Waals surface area (Å²) in [5, 5.41) is 0. The first kappa shape index (κ1) is 16.0. The minimum absolute atomic E-state index is 0.379. The summed E-state index contributed by atoms with van der Waals surface area (Å²) in [5.74, 6) is -0.425. The van der Waals surface area contributed by atoms with E-state index in [2.05, 4.69) is 15.9 Å². The first-order chi connectivity index (χ1) is 9.74. The van der Waals surface area contributed by atoms with Crippen LogP contribution in [-0.4, -0.2) is 7.11 Å². The average molecular weight is 355 g/mol. The zero-order chi connectivity index (χ0) is 15.8. The lowest BCUT2D eigenvalue weighted by Crippen LogP contribution is -2.14. The van der Waals surface area contributed by atoms with E-state index in [0.29, 0.717) is 22.4 Å². The third-order valence-electron chi connectivity index (χ3n) is 3.33. The van der Waals surface area contributed by atoms with Gasteiger partial charge < -0.3 is 4.74 Å². The maximum atomic E-state index is 14.1. The van der Waals surface area contributed by atoms with Crippen LogP contribution in [0.2, 0.25) is 0 Å². The normalized spacial score (nSPS) is 11.6.